The Morgan fingerprint density at radius 1 is 0.882 bits per heavy atom. The first-order chi connectivity index (χ1) is 16.7. The van der Waals surface area contributed by atoms with E-state index in [0.717, 1.165) is 37.5 Å². The first-order valence-corrected chi connectivity index (χ1v) is 11.8. The summed E-state index contributed by atoms with van der Waals surface area (Å²) in [6.07, 6.45) is 3.22. The summed E-state index contributed by atoms with van der Waals surface area (Å²) < 4.78 is 5.33. The van der Waals surface area contributed by atoms with Crippen LogP contribution in [0.3, 0.4) is 0 Å². The number of hydrogen-bond donors (Lipinski definition) is 1. The Kier molecular flexibility index (Phi) is 8.07. The van der Waals surface area contributed by atoms with Crippen LogP contribution in [0.4, 0.5) is 0 Å². The van der Waals surface area contributed by atoms with Gasteiger partial charge < -0.3 is 9.64 Å². The SMILES string of the molecule is COc1ccccc1C=CC(=O)NC(=S)N1CCN(C(c2ccccc2)c2ccccc2)CC1. The standard InChI is InChI=1S/C28H29N3O2S/c1-33-25-15-9-8-10-22(25)16-17-26(32)29-28(34)31-20-18-30(19-21-31)27(23-11-4-2-5-12-23)24-13-6-3-7-14-24/h2-17,27H,18-21H2,1H3,(H,29,32,34). The van der Waals surface area contributed by atoms with Crippen molar-refractivity contribution in [1.29, 1.82) is 0 Å². The first-order valence-electron chi connectivity index (χ1n) is 11.4. The van der Waals surface area contributed by atoms with Gasteiger partial charge in [0.1, 0.15) is 5.75 Å². The van der Waals surface area contributed by atoms with Gasteiger partial charge >= 0.3 is 0 Å². The second-order valence-corrected chi connectivity index (χ2v) is 8.50. The maximum absolute atomic E-state index is 12.4. The molecule has 34 heavy (non-hydrogen) atoms. The normalized spacial score (nSPS) is 14.4. The van der Waals surface area contributed by atoms with Crippen LogP contribution in [0.5, 0.6) is 5.75 Å². The molecule has 6 heteroatoms. The Balaban J connectivity index is 1.36. The van der Waals surface area contributed by atoms with Crippen LogP contribution in [0.1, 0.15) is 22.7 Å². The zero-order chi connectivity index (χ0) is 23.8. The van der Waals surface area contributed by atoms with Gasteiger partial charge in [0.25, 0.3) is 0 Å². The second kappa shape index (κ2) is 11.6. The maximum atomic E-state index is 12.4. The van der Waals surface area contributed by atoms with Crippen LogP contribution in [-0.4, -0.2) is 54.1 Å². The van der Waals surface area contributed by atoms with E-state index in [0.29, 0.717) is 5.11 Å². The lowest BCUT2D eigenvalue weighted by Gasteiger charge is -2.40. The summed E-state index contributed by atoms with van der Waals surface area (Å²) in [6, 6.07) is 28.9. The van der Waals surface area contributed by atoms with Crippen LogP contribution in [0, 0.1) is 0 Å². The molecular formula is C28H29N3O2S. The highest BCUT2D eigenvalue weighted by molar-refractivity contribution is 7.80. The monoisotopic (exact) mass is 471 g/mol. The number of rotatable bonds is 6. The van der Waals surface area contributed by atoms with Crippen molar-refractivity contribution in [2.24, 2.45) is 0 Å². The molecule has 1 heterocycles. The zero-order valence-corrected chi connectivity index (χ0v) is 20.1. The molecule has 0 aromatic heterocycles. The molecule has 174 valence electrons. The van der Waals surface area contributed by atoms with Gasteiger partial charge in [-0.15, -0.1) is 0 Å². The lowest BCUT2D eigenvalue weighted by Crippen LogP contribution is -2.53. The molecule has 3 aromatic rings. The zero-order valence-electron chi connectivity index (χ0n) is 19.3. The minimum Gasteiger partial charge on any atom is -0.496 e. The first kappa shape index (κ1) is 23.7. The molecule has 0 bridgehead atoms. The van der Waals surface area contributed by atoms with E-state index in [1.165, 1.54) is 17.2 Å². The van der Waals surface area contributed by atoms with Gasteiger partial charge in [-0.25, -0.2) is 0 Å². The third-order valence-corrected chi connectivity index (χ3v) is 6.34. The third-order valence-electron chi connectivity index (χ3n) is 5.98. The molecular weight excluding hydrogens is 442 g/mol. The van der Waals surface area contributed by atoms with Gasteiger partial charge in [-0.2, -0.15) is 0 Å². The van der Waals surface area contributed by atoms with Crippen molar-refractivity contribution in [1.82, 2.24) is 15.1 Å². The topological polar surface area (TPSA) is 44.8 Å². The molecule has 4 rings (SSSR count). The Hall–Kier alpha value is -3.48. The summed E-state index contributed by atoms with van der Waals surface area (Å²) >= 11 is 5.54. The number of methoxy groups -OCH3 is 1. The molecule has 1 saturated heterocycles. The summed E-state index contributed by atoms with van der Waals surface area (Å²) in [7, 11) is 1.61. The average molecular weight is 472 g/mol. The van der Waals surface area contributed by atoms with E-state index in [-0.39, 0.29) is 11.9 Å². The van der Waals surface area contributed by atoms with Crippen molar-refractivity contribution in [2.75, 3.05) is 33.3 Å². The predicted molar refractivity (Wildman–Crippen MR) is 141 cm³/mol. The summed E-state index contributed by atoms with van der Waals surface area (Å²) in [5, 5.41) is 3.30. The van der Waals surface area contributed by atoms with Crippen molar-refractivity contribution in [2.45, 2.75) is 6.04 Å². The van der Waals surface area contributed by atoms with Crippen LogP contribution < -0.4 is 10.1 Å². The van der Waals surface area contributed by atoms with E-state index in [1.807, 2.05) is 36.4 Å². The van der Waals surface area contributed by atoms with Crippen molar-refractivity contribution >= 4 is 29.3 Å². The largest absolute Gasteiger partial charge is 0.496 e. The third kappa shape index (κ3) is 5.90. The molecule has 0 unspecified atom stereocenters. The lowest BCUT2D eigenvalue weighted by atomic mass is 9.96. The molecule has 1 amide bonds. The van der Waals surface area contributed by atoms with Gasteiger partial charge in [0.2, 0.25) is 5.91 Å². The Labute approximate surface area is 206 Å². The predicted octanol–water partition coefficient (Wildman–Crippen LogP) is 4.52. The Morgan fingerprint density at radius 2 is 1.44 bits per heavy atom. The molecule has 1 fully saturated rings. The number of carbonyl (C=O) groups excluding carboxylic acids is 1. The summed E-state index contributed by atoms with van der Waals surface area (Å²) in [4.78, 5) is 17.0. The highest BCUT2D eigenvalue weighted by atomic mass is 32.1. The van der Waals surface area contributed by atoms with E-state index in [9.17, 15) is 4.79 Å². The van der Waals surface area contributed by atoms with E-state index in [2.05, 4.69) is 63.6 Å². The quantitative estimate of drug-likeness (QED) is 0.423. The minimum absolute atomic E-state index is 0.191. The smallest absolute Gasteiger partial charge is 0.250 e. The maximum Gasteiger partial charge on any atom is 0.250 e. The van der Waals surface area contributed by atoms with E-state index < -0.39 is 0 Å². The fourth-order valence-electron chi connectivity index (χ4n) is 4.26. The number of piperazine rings is 1. The van der Waals surface area contributed by atoms with Crippen LogP contribution in [0.25, 0.3) is 6.08 Å². The molecule has 1 aliphatic rings. The van der Waals surface area contributed by atoms with Gasteiger partial charge in [-0.1, -0.05) is 78.9 Å². The van der Waals surface area contributed by atoms with E-state index in [4.69, 9.17) is 17.0 Å². The molecule has 0 aliphatic carbocycles. The number of para-hydroxylation sites is 1. The molecule has 0 radical (unpaired) electrons. The number of nitrogens with one attached hydrogen (secondary N) is 1. The fraction of sp³-hybridized carbons (Fsp3) is 0.214. The van der Waals surface area contributed by atoms with Gasteiger partial charge in [0.05, 0.1) is 13.2 Å². The molecule has 3 aromatic carbocycles. The van der Waals surface area contributed by atoms with Gasteiger partial charge in [0, 0.05) is 37.8 Å². The van der Waals surface area contributed by atoms with Gasteiger partial charge in [0.15, 0.2) is 5.11 Å². The molecule has 0 atom stereocenters. The highest BCUT2D eigenvalue weighted by Gasteiger charge is 2.27. The minimum atomic E-state index is -0.246. The molecule has 5 nitrogen and oxygen atoms in total. The van der Waals surface area contributed by atoms with Crippen molar-refractivity contribution in [3.05, 3.63) is 108 Å². The average Bonchev–Trinajstić information content (AvgIpc) is 2.89. The number of nitrogens with zero attached hydrogens (tertiary/aromatic N) is 2. The van der Waals surface area contributed by atoms with Crippen LogP contribution in [0.2, 0.25) is 0 Å². The summed E-state index contributed by atoms with van der Waals surface area (Å²) in [5.41, 5.74) is 3.39. The Bertz CT molecular complexity index is 1090. The highest BCUT2D eigenvalue weighted by Crippen LogP contribution is 2.29. The van der Waals surface area contributed by atoms with Gasteiger partial charge in [-0.3, -0.25) is 15.0 Å². The van der Waals surface area contributed by atoms with Crippen LogP contribution in [-0.2, 0) is 4.79 Å². The van der Waals surface area contributed by atoms with Gasteiger partial charge in [-0.05, 0) is 35.5 Å². The molecule has 1 aliphatic heterocycles. The van der Waals surface area contributed by atoms with Crippen LogP contribution in [0.15, 0.2) is 91.0 Å². The number of benzene rings is 3. The number of thiocarbonyl (C=S) groups is 1. The van der Waals surface area contributed by atoms with Crippen molar-refractivity contribution < 1.29 is 9.53 Å². The van der Waals surface area contributed by atoms with Crippen LogP contribution >= 0.6 is 12.2 Å². The summed E-state index contributed by atoms with van der Waals surface area (Å²) in [6.45, 7) is 3.21. The Morgan fingerprint density at radius 3 is 2.03 bits per heavy atom. The van der Waals surface area contributed by atoms with E-state index in [1.54, 1.807) is 13.2 Å². The lowest BCUT2D eigenvalue weighted by molar-refractivity contribution is -0.115. The fourth-order valence-corrected chi connectivity index (χ4v) is 4.55. The summed E-state index contributed by atoms with van der Waals surface area (Å²) in [5.74, 6) is 0.474. The number of amides is 1. The number of hydrogen-bond acceptors (Lipinski definition) is 4. The van der Waals surface area contributed by atoms with Crippen molar-refractivity contribution in [3.63, 3.8) is 0 Å². The molecule has 0 spiro atoms. The number of ether oxygens (including phenoxy) is 1. The second-order valence-electron chi connectivity index (χ2n) is 8.12. The molecule has 1 N–H and O–H groups in total. The van der Waals surface area contributed by atoms with E-state index >= 15 is 0 Å². The van der Waals surface area contributed by atoms with Crippen molar-refractivity contribution in [3.8, 4) is 5.75 Å². The number of carbonyl (C=O) groups is 1. The molecule has 0 saturated carbocycles.